The van der Waals surface area contributed by atoms with E-state index in [9.17, 15) is 0 Å². The Labute approximate surface area is 88.4 Å². The zero-order valence-corrected chi connectivity index (χ0v) is 8.70. The molecule has 2 nitrogen and oxygen atoms in total. The molecule has 0 atom stereocenters. The monoisotopic (exact) mass is 202 g/mol. The van der Waals surface area contributed by atoms with Crippen molar-refractivity contribution in [2.45, 2.75) is 11.8 Å². The van der Waals surface area contributed by atoms with Crippen LogP contribution in [0.3, 0.4) is 0 Å². The minimum Gasteiger partial charge on any atom is -0.263 e. The molecule has 0 aromatic carbocycles. The van der Waals surface area contributed by atoms with Crippen molar-refractivity contribution in [1.82, 2.24) is 9.97 Å². The fourth-order valence-corrected chi connectivity index (χ4v) is 1.43. The second kappa shape index (κ2) is 3.80. The molecule has 0 spiro atoms. The van der Waals surface area contributed by atoms with Gasteiger partial charge < -0.3 is 0 Å². The van der Waals surface area contributed by atoms with Gasteiger partial charge in [0, 0.05) is 40.3 Å². The number of thiol groups is 1. The zero-order valence-electron chi connectivity index (χ0n) is 7.81. The van der Waals surface area contributed by atoms with Gasteiger partial charge in [0.15, 0.2) is 0 Å². The molecule has 0 aliphatic heterocycles. The number of hydrogen-bond acceptors (Lipinski definition) is 3. The maximum absolute atomic E-state index is 4.24. The van der Waals surface area contributed by atoms with Crippen LogP contribution in [0.5, 0.6) is 0 Å². The highest BCUT2D eigenvalue weighted by Gasteiger charge is 1.98. The minimum absolute atomic E-state index is 0.864. The van der Waals surface area contributed by atoms with Gasteiger partial charge in [-0.15, -0.1) is 12.6 Å². The van der Waals surface area contributed by atoms with Crippen molar-refractivity contribution in [2.75, 3.05) is 0 Å². The van der Waals surface area contributed by atoms with Gasteiger partial charge in [-0.3, -0.25) is 9.97 Å². The van der Waals surface area contributed by atoms with Gasteiger partial charge in [-0.2, -0.15) is 0 Å². The molecule has 0 aliphatic carbocycles. The summed E-state index contributed by atoms with van der Waals surface area (Å²) >= 11 is 4.24. The average molecular weight is 202 g/mol. The van der Waals surface area contributed by atoms with Crippen LogP contribution < -0.4 is 0 Å². The largest absolute Gasteiger partial charge is 0.263 e. The predicted octanol–water partition coefficient (Wildman–Crippen LogP) is 2.74. The van der Waals surface area contributed by atoms with E-state index in [2.05, 4.69) is 22.6 Å². The Kier molecular flexibility index (Phi) is 2.50. The standard InChI is InChI=1S/C11H10N2S/c1-8-2-3-9(6-13-8)10-4-11(14)7-12-5-10/h2-7,14H,1H3. The first-order chi connectivity index (χ1) is 6.75. The fraction of sp³-hybridized carbons (Fsp3) is 0.0909. The Morgan fingerprint density at radius 1 is 1.07 bits per heavy atom. The van der Waals surface area contributed by atoms with E-state index in [0.29, 0.717) is 0 Å². The molecule has 0 bridgehead atoms. The molecule has 2 rings (SSSR count). The first-order valence-corrected chi connectivity index (χ1v) is 4.77. The molecule has 0 unspecified atom stereocenters. The van der Waals surface area contributed by atoms with E-state index in [1.54, 1.807) is 6.20 Å². The third kappa shape index (κ3) is 1.93. The van der Waals surface area contributed by atoms with E-state index in [1.807, 2.05) is 37.5 Å². The molecule has 2 heterocycles. The van der Waals surface area contributed by atoms with Gasteiger partial charge in [-0.05, 0) is 19.1 Å². The summed E-state index contributed by atoms with van der Waals surface area (Å²) in [5, 5.41) is 0. The van der Waals surface area contributed by atoms with E-state index in [1.165, 1.54) is 0 Å². The molecule has 2 aromatic rings. The molecule has 70 valence electrons. The highest BCUT2D eigenvalue weighted by molar-refractivity contribution is 7.80. The first kappa shape index (κ1) is 9.21. The summed E-state index contributed by atoms with van der Waals surface area (Å²) in [5.41, 5.74) is 3.13. The van der Waals surface area contributed by atoms with Gasteiger partial charge in [0.2, 0.25) is 0 Å². The van der Waals surface area contributed by atoms with Crippen LogP contribution in [0.25, 0.3) is 11.1 Å². The Morgan fingerprint density at radius 3 is 2.57 bits per heavy atom. The fourth-order valence-electron chi connectivity index (χ4n) is 1.22. The zero-order chi connectivity index (χ0) is 9.97. The van der Waals surface area contributed by atoms with E-state index < -0.39 is 0 Å². The van der Waals surface area contributed by atoms with Crippen LogP contribution in [0, 0.1) is 6.92 Å². The van der Waals surface area contributed by atoms with E-state index >= 15 is 0 Å². The molecule has 0 aliphatic rings. The number of aryl methyl sites for hydroxylation is 1. The molecule has 3 heteroatoms. The molecule has 0 amide bonds. The van der Waals surface area contributed by atoms with Crippen molar-refractivity contribution in [3.63, 3.8) is 0 Å². The number of rotatable bonds is 1. The lowest BCUT2D eigenvalue weighted by Crippen LogP contribution is -1.84. The lowest BCUT2D eigenvalue weighted by atomic mass is 10.1. The Hall–Kier alpha value is -1.35. The second-order valence-electron chi connectivity index (χ2n) is 3.12. The molecule has 14 heavy (non-hydrogen) atoms. The third-order valence-electron chi connectivity index (χ3n) is 1.97. The summed E-state index contributed by atoms with van der Waals surface area (Å²) in [5.74, 6) is 0. The molecular weight excluding hydrogens is 192 g/mol. The molecule has 0 fully saturated rings. The Bertz CT molecular complexity index is 437. The van der Waals surface area contributed by atoms with Crippen molar-refractivity contribution in [1.29, 1.82) is 0 Å². The van der Waals surface area contributed by atoms with Crippen LogP contribution in [0.15, 0.2) is 41.7 Å². The average Bonchev–Trinajstić information content (AvgIpc) is 2.19. The van der Waals surface area contributed by atoms with Gasteiger partial charge in [0.1, 0.15) is 0 Å². The summed E-state index contributed by atoms with van der Waals surface area (Å²) < 4.78 is 0. The number of aromatic nitrogens is 2. The molecule has 2 aromatic heterocycles. The topological polar surface area (TPSA) is 25.8 Å². The van der Waals surface area contributed by atoms with Crippen LogP contribution in [-0.2, 0) is 0 Å². The van der Waals surface area contributed by atoms with Gasteiger partial charge in [0.05, 0.1) is 0 Å². The molecule has 0 saturated carbocycles. The van der Waals surface area contributed by atoms with Crippen molar-refractivity contribution in [3.05, 3.63) is 42.5 Å². The summed E-state index contributed by atoms with van der Waals surface area (Å²) in [7, 11) is 0. The molecule has 0 radical (unpaired) electrons. The van der Waals surface area contributed by atoms with Crippen LogP contribution in [-0.4, -0.2) is 9.97 Å². The lowest BCUT2D eigenvalue weighted by Gasteiger charge is -2.01. The van der Waals surface area contributed by atoms with Crippen molar-refractivity contribution < 1.29 is 0 Å². The minimum atomic E-state index is 0.864. The van der Waals surface area contributed by atoms with E-state index in [0.717, 1.165) is 21.7 Å². The van der Waals surface area contributed by atoms with Gasteiger partial charge in [-0.1, -0.05) is 6.07 Å². The van der Waals surface area contributed by atoms with Crippen LogP contribution in [0.2, 0.25) is 0 Å². The third-order valence-corrected chi connectivity index (χ3v) is 2.21. The normalized spacial score (nSPS) is 10.1. The summed E-state index contributed by atoms with van der Waals surface area (Å²) in [4.78, 5) is 9.18. The first-order valence-electron chi connectivity index (χ1n) is 4.33. The van der Waals surface area contributed by atoms with Crippen LogP contribution in [0.1, 0.15) is 5.69 Å². The quantitative estimate of drug-likeness (QED) is 0.719. The van der Waals surface area contributed by atoms with Crippen LogP contribution >= 0.6 is 12.6 Å². The van der Waals surface area contributed by atoms with E-state index in [-0.39, 0.29) is 0 Å². The predicted molar refractivity (Wildman–Crippen MR) is 59.5 cm³/mol. The summed E-state index contributed by atoms with van der Waals surface area (Å²) in [6.07, 6.45) is 5.37. The smallest absolute Gasteiger partial charge is 0.0401 e. The molecule has 0 N–H and O–H groups in total. The van der Waals surface area contributed by atoms with Crippen molar-refractivity contribution >= 4 is 12.6 Å². The number of pyridine rings is 2. The SMILES string of the molecule is Cc1ccc(-c2cncc(S)c2)cn1. The molecule has 0 saturated heterocycles. The highest BCUT2D eigenvalue weighted by Crippen LogP contribution is 2.19. The highest BCUT2D eigenvalue weighted by atomic mass is 32.1. The Morgan fingerprint density at radius 2 is 1.93 bits per heavy atom. The second-order valence-corrected chi connectivity index (χ2v) is 3.64. The maximum atomic E-state index is 4.24. The molecular formula is C11H10N2S. The van der Waals surface area contributed by atoms with Gasteiger partial charge in [0.25, 0.3) is 0 Å². The van der Waals surface area contributed by atoms with Gasteiger partial charge >= 0.3 is 0 Å². The maximum Gasteiger partial charge on any atom is 0.0401 e. The van der Waals surface area contributed by atoms with E-state index in [4.69, 9.17) is 0 Å². The van der Waals surface area contributed by atoms with Crippen molar-refractivity contribution in [2.24, 2.45) is 0 Å². The Balaban J connectivity index is 2.44. The summed E-state index contributed by atoms with van der Waals surface area (Å²) in [6.45, 7) is 1.97. The number of hydrogen-bond donors (Lipinski definition) is 1. The number of nitrogens with zero attached hydrogens (tertiary/aromatic N) is 2. The summed E-state index contributed by atoms with van der Waals surface area (Å²) in [6, 6.07) is 6.00. The lowest BCUT2D eigenvalue weighted by molar-refractivity contribution is 1.19. The van der Waals surface area contributed by atoms with Crippen molar-refractivity contribution in [3.8, 4) is 11.1 Å². The van der Waals surface area contributed by atoms with Gasteiger partial charge in [-0.25, -0.2) is 0 Å². The van der Waals surface area contributed by atoms with Crippen LogP contribution in [0.4, 0.5) is 0 Å².